The summed E-state index contributed by atoms with van der Waals surface area (Å²) < 4.78 is 11.7. The first-order chi connectivity index (χ1) is 17.3. The second kappa shape index (κ2) is 10.6. The van der Waals surface area contributed by atoms with Gasteiger partial charge in [-0.1, -0.05) is 39.3 Å². The van der Waals surface area contributed by atoms with Gasteiger partial charge in [0.1, 0.15) is 17.1 Å². The molecule has 1 amide bonds. The zero-order valence-corrected chi connectivity index (χ0v) is 22.1. The van der Waals surface area contributed by atoms with Gasteiger partial charge in [0.2, 0.25) is 0 Å². The number of nitrogens with zero attached hydrogens (tertiary/aromatic N) is 2. The van der Waals surface area contributed by atoms with E-state index in [1.165, 1.54) is 0 Å². The number of ether oxygens (including phenoxy) is 2. The molecule has 0 aliphatic carbocycles. The summed E-state index contributed by atoms with van der Waals surface area (Å²) in [6, 6.07) is 9.37. The Morgan fingerprint density at radius 3 is 2.64 bits per heavy atom. The van der Waals surface area contributed by atoms with Crippen LogP contribution < -0.4 is 9.47 Å². The van der Waals surface area contributed by atoms with Crippen molar-refractivity contribution in [3.63, 3.8) is 0 Å². The highest BCUT2D eigenvalue weighted by atomic mass is 16.5. The Bertz CT molecular complexity index is 1250. The Labute approximate surface area is 213 Å². The molecule has 1 aromatic heterocycles. The van der Waals surface area contributed by atoms with Crippen molar-refractivity contribution in [3.05, 3.63) is 58.3 Å². The molecule has 4 rings (SSSR count). The van der Waals surface area contributed by atoms with Crippen molar-refractivity contribution in [2.45, 2.75) is 59.9 Å². The number of phenols is 1. The first-order valence-corrected chi connectivity index (χ1v) is 12.8. The van der Waals surface area contributed by atoms with Crippen LogP contribution in [0.2, 0.25) is 0 Å². The average Bonchev–Trinajstić information content (AvgIpc) is 3.38. The average molecular weight is 492 g/mol. The van der Waals surface area contributed by atoms with E-state index < -0.39 is 0 Å². The molecule has 7 nitrogen and oxygen atoms in total. The predicted octanol–water partition coefficient (Wildman–Crippen LogP) is 6.18. The number of hydrogen-bond acceptors (Lipinski definition) is 5. The second-order valence-electron chi connectivity index (χ2n) is 10.0. The normalized spacial score (nSPS) is 15.0. The number of fused-ring (bicyclic) bond motifs is 1. The first kappa shape index (κ1) is 25.6. The van der Waals surface area contributed by atoms with E-state index in [-0.39, 0.29) is 17.7 Å². The van der Waals surface area contributed by atoms with E-state index in [1.54, 1.807) is 7.11 Å². The number of carbonyl (C=O) groups excluding carboxylic acids is 1. The van der Waals surface area contributed by atoms with Crippen LogP contribution in [0.4, 0.5) is 0 Å². The smallest absolute Gasteiger partial charge is 0.273 e. The van der Waals surface area contributed by atoms with Crippen LogP contribution in [0.3, 0.4) is 0 Å². The van der Waals surface area contributed by atoms with Gasteiger partial charge in [-0.05, 0) is 67.5 Å². The summed E-state index contributed by atoms with van der Waals surface area (Å²) in [5, 5.41) is 18.4. The van der Waals surface area contributed by atoms with Gasteiger partial charge in [-0.15, -0.1) is 0 Å². The van der Waals surface area contributed by atoms with Crippen molar-refractivity contribution in [1.29, 1.82) is 0 Å². The number of carbonyl (C=O) groups is 1. The summed E-state index contributed by atoms with van der Waals surface area (Å²) in [5.74, 6) is 1.96. The fraction of sp³-hybridized carbons (Fsp3) is 0.448. The largest absolute Gasteiger partial charge is 0.507 e. The molecule has 0 saturated carbocycles. The molecule has 0 fully saturated rings. The third kappa shape index (κ3) is 4.79. The molecule has 0 bridgehead atoms. The summed E-state index contributed by atoms with van der Waals surface area (Å²) in [7, 11) is 1.63. The lowest BCUT2D eigenvalue weighted by Crippen LogP contribution is -2.30. The van der Waals surface area contributed by atoms with Crippen molar-refractivity contribution in [1.82, 2.24) is 15.1 Å². The van der Waals surface area contributed by atoms with Gasteiger partial charge in [0.15, 0.2) is 11.5 Å². The van der Waals surface area contributed by atoms with Gasteiger partial charge in [0.05, 0.1) is 19.8 Å². The van der Waals surface area contributed by atoms with E-state index in [2.05, 4.69) is 31.0 Å². The summed E-state index contributed by atoms with van der Waals surface area (Å²) in [4.78, 5) is 15.4. The SMILES string of the molecule is CCCCN1C(=O)c2[nH]nc(-c3cc(C)cc(C)c3O)c2C1c1ccc(OCCC(C)C)c(OC)c1. The van der Waals surface area contributed by atoms with E-state index in [0.29, 0.717) is 47.5 Å². The van der Waals surface area contributed by atoms with Crippen LogP contribution in [0.1, 0.15) is 78.8 Å². The maximum Gasteiger partial charge on any atom is 0.273 e. The van der Waals surface area contributed by atoms with Crippen LogP contribution in [0.25, 0.3) is 11.3 Å². The molecule has 2 aromatic carbocycles. The number of aryl methyl sites for hydroxylation is 2. The summed E-state index contributed by atoms with van der Waals surface area (Å²) in [5.41, 5.74) is 5.19. The number of aromatic amines is 1. The number of aromatic nitrogens is 2. The van der Waals surface area contributed by atoms with Crippen LogP contribution in [0, 0.1) is 19.8 Å². The van der Waals surface area contributed by atoms with Crippen LogP contribution in [0.15, 0.2) is 30.3 Å². The Morgan fingerprint density at radius 1 is 1.17 bits per heavy atom. The van der Waals surface area contributed by atoms with Gasteiger partial charge in [0, 0.05) is 17.7 Å². The molecule has 0 saturated heterocycles. The number of benzene rings is 2. The lowest BCUT2D eigenvalue weighted by atomic mass is 9.93. The highest BCUT2D eigenvalue weighted by Gasteiger charge is 2.42. The van der Waals surface area contributed by atoms with Gasteiger partial charge in [-0.3, -0.25) is 9.89 Å². The molecule has 192 valence electrons. The number of H-pyrrole nitrogens is 1. The van der Waals surface area contributed by atoms with Gasteiger partial charge in [0.25, 0.3) is 5.91 Å². The zero-order chi connectivity index (χ0) is 26.0. The van der Waals surface area contributed by atoms with Gasteiger partial charge < -0.3 is 19.5 Å². The quantitative estimate of drug-likeness (QED) is 0.354. The molecule has 1 unspecified atom stereocenters. The van der Waals surface area contributed by atoms with Crippen molar-refractivity contribution in [2.24, 2.45) is 5.92 Å². The number of rotatable bonds is 10. The number of amides is 1. The molecular weight excluding hydrogens is 454 g/mol. The van der Waals surface area contributed by atoms with Crippen molar-refractivity contribution >= 4 is 5.91 Å². The fourth-order valence-corrected chi connectivity index (χ4v) is 4.83. The van der Waals surface area contributed by atoms with Crippen molar-refractivity contribution in [3.8, 4) is 28.5 Å². The van der Waals surface area contributed by atoms with E-state index in [9.17, 15) is 9.90 Å². The maximum atomic E-state index is 13.5. The van der Waals surface area contributed by atoms with E-state index >= 15 is 0 Å². The highest BCUT2D eigenvalue weighted by molar-refractivity contribution is 6.00. The summed E-state index contributed by atoms with van der Waals surface area (Å²) in [6.45, 7) is 11.5. The number of hydrogen-bond donors (Lipinski definition) is 2. The first-order valence-electron chi connectivity index (χ1n) is 12.8. The summed E-state index contributed by atoms with van der Waals surface area (Å²) in [6.07, 6.45) is 2.81. The standard InChI is InChI=1S/C29H37N3O4/c1-7-8-12-32-27(20-9-10-22(23(16-20)35-6)36-13-11-17(2)3)24-25(30-31-26(24)29(32)34)21-15-18(4)14-19(5)28(21)33/h9-10,14-17,27,33H,7-8,11-13H2,1-6H3,(H,30,31). The Balaban J connectivity index is 1.81. The lowest BCUT2D eigenvalue weighted by Gasteiger charge is -2.27. The number of unbranched alkanes of at least 4 members (excludes halogenated alkanes) is 1. The molecular formula is C29H37N3O4. The van der Waals surface area contributed by atoms with Gasteiger partial charge >= 0.3 is 0 Å². The van der Waals surface area contributed by atoms with Gasteiger partial charge in [-0.2, -0.15) is 5.10 Å². The Hall–Kier alpha value is -3.48. The summed E-state index contributed by atoms with van der Waals surface area (Å²) >= 11 is 0. The fourth-order valence-electron chi connectivity index (χ4n) is 4.83. The minimum atomic E-state index is -0.355. The van der Waals surface area contributed by atoms with Crippen LogP contribution in [-0.2, 0) is 0 Å². The zero-order valence-electron chi connectivity index (χ0n) is 22.1. The van der Waals surface area contributed by atoms with E-state index in [0.717, 1.165) is 41.5 Å². The third-order valence-corrected chi connectivity index (χ3v) is 6.77. The molecule has 36 heavy (non-hydrogen) atoms. The third-order valence-electron chi connectivity index (χ3n) is 6.77. The predicted molar refractivity (Wildman–Crippen MR) is 141 cm³/mol. The van der Waals surface area contributed by atoms with Crippen LogP contribution in [-0.4, -0.2) is 46.4 Å². The molecule has 1 aliphatic rings. The molecule has 0 radical (unpaired) electrons. The monoisotopic (exact) mass is 491 g/mol. The molecule has 3 aromatic rings. The number of aromatic hydroxyl groups is 1. The van der Waals surface area contributed by atoms with E-state index in [4.69, 9.17) is 9.47 Å². The van der Waals surface area contributed by atoms with Gasteiger partial charge in [-0.25, -0.2) is 0 Å². The van der Waals surface area contributed by atoms with Crippen molar-refractivity contribution < 1.29 is 19.4 Å². The molecule has 2 heterocycles. The maximum absolute atomic E-state index is 13.5. The molecule has 2 N–H and O–H groups in total. The van der Waals surface area contributed by atoms with Crippen LogP contribution >= 0.6 is 0 Å². The molecule has 7 heteroatoms. The lowest BCUT2D eigenvalue weighted by molar-refractivity contribution is 0.0741. The van der Waals surface area contributed by atoms with Crippen molar-refractivity contribution in [2.75, 3.05) is 20.3 Å². The molecule has 0 spiro atoms. The Kier molecular flexibility index (Phi) is 7.57. The second-order valence-corrected chi connectivity index (χ2v) is 10.0. The number of methoxy groups -OCH3 is 1. The highest BCUT2D eigenvalue weighted by Crippen LogP contribution is 2.46. The molecule has 1 atom stereocenters. The topological polar surface area (TPSA) is 87.7 Å². The van der Waals surface area contributed by atoms with Crippen LogP contribution in [0.5, 0.6) is 17.2 Å². The Morgan fingerprint density at radius 2 is 1.94 bits per heavy atom. The van der Waals surface area contributed by atoms with E-state index in [1.807, 2.05) is 49.1 Å². The number of phenolic OH excluding ortho intramolecular Hbond substituents is 1. The minimum Gasteiger partial charge on any atom is -0.507 e. The minimum absolute atomic E-state index is 0.0812. The number of nitrogens with one attached hydrogen (secondary N) is 1. The molecule has 1 aliphatic heterocycles.